The molecule has 2 unspecified atom stereocenters. The number of imide groups is 1. The van der Waals surface area contributed by atoms with Crippen molar-refractivity contribution in [1.29, 1.82) is 0 Å². The molecule has 140 valence electrons. The van der Waals surface area contributed by atoms with Gasteiger partial charge in [-0.1, -0.05) is 43.2 Å². The molecule has 0 N–H and O–H groups in total. The topological polar surface area (TPSA) is 57.7 Å². The Bertz CT molecular complexity index is 883. The molecule has 2 atom stereocenters. The van der Waals surface area contributed by atoms with E-state index in [1.54, 1.807) is 11.9 Å². The van der Waals surface area contributed by atoms with Gasteiger partial charge < -0.3 is 4.90 Å². The smallest absolute Gasteiger partial charge is 0.233 e. The lowest BCUT2D eigenvalue weighted by molar-refractivity contribution is -0.140. The summed E-state index contributed by atoms with van der Waals surface area (Å²) in [6.45, 7) is 0.182. The van der Waals surface area contributed by atoms with Crippen LogP contribution >= 0.6 is 0 Å². The van der Waals surface area contributed by atoms with E-state index in [4.69, 9.17) is 0 Å². The van der Waals surface area contributed by atoms with Gasteiger partial charge in [0.05, 0.1) is 11.8 Å². The second kappa shape index (κ2) is 7.14. The summed E-state index contributed by atoms with van der Waals surface area (Å²) in [5.74, 6) is -0.559. The van der Waals surface area contributed by atoms with E-state index in [2.05, 4.69) is 0 Å². The number of nitrogens with zero attached hydrogens (tertiary/aromatic N) is 2. The predicted octanol–water partition coefficient (Wildman–Crippen LogP) is 3.37. The van der Waals surface area contributed by atoms with Crippen molar-refractivity contribution in [3.05, 3.63) is 42.5 Å². The molecule has 0 aromatic heterocycles. The van der Waals surface area contributed by atoms with Crippen LogP contribution in [0.2, 0.25) is 0 Å². The third-order valence-corrected chi connectivity index (χ3v) is 5.98. The van der Waals surface area contributed by atoms with E-state index in [1.807, 2.05) is 42.5 Å². The van der Waals surface area contributed by atoms with Crippen molar-refractivity contribution in [2.24, 2.45) is 11.8 Å². The molecular weight excluding hydrogens is 340 g/mol. The quantitative estimate of drug-likeness (QED) is 0.782. The molecule has 2 fully saturated rings. The summed E-state index contributed by atoms with van der Waals surface area (Å²) in [4.78, 5) is 40.6. The van der Waals surface area contributed by atoms with E-state index in [0.29, 0.717) is 0 Å². The lowest BCUT2D eigenvalue weighted by Gasteiger charge is -2.20. The summed E-state index contributed by atoms with van der Waals surface area (Å²) in [7, 11) is 1.74. The lowest BCUT2D eigenvalue weighted by atomic mass is 9.81. The normalized spacial score (nSPS) is 22.2. The molecule has 0 bridgehead atoms. The summed E-state index contributed by atoms with van der Waals surface area (Å²) < 4.78 is 0. The molecule has 4 rings (SSSR count). The Kier molecular flexibility index (Phi) is 4.68. The highest BCUT2D eigenvalue weighted by Gasteiger charge is 2.47. The van der Waals surface area contributed by atoms with Gasteiger partial charge in [-0.05, 0) is 35.7 Å². The zero-order chi connectivity index (χ0) is 19.0. The highest BCUT2D eigenvalue weighted by molar-refractivity contribution is 6.05. The van der Waals surface area contributed by atoms with Gasteiger partial charge in [0.1, 0.15) is 0 Å². The number of fused-ring (bicyclic) bond motifs is 2. The number of rotatable bonds is 4. The minimum atomic E-state index is -0.153. The van der Waals surface area contributed by atoms with Gasteiger partial charge in [0.25, 0.3) is 0 Å². The highest BCUT2D eigenvalue weighted by Crippen LogP contribution is 2.38. The van der Waals surface area contributed by atoms with Crippen LogP contribution in [0.15, 0.2) is 42.5 Å². The maximum atomic E-state index is 12.6. The lowest BCUT2D eigenvalue weighted by Crippen LogP contribution is -2.36. The maximum Gasteiger partial charge on any atom is 0.233 e. The van der Waals surface area contributed by atoms with E-state index >= 15 is 0 Å². The highest BCUT2D eigenvalue weighted by atomic mass is 16.2. The van der Waals surface area contributed by atoms with Crippen molar-refractivity contribution in [1.82, 2.24) is 4.90 Å². The number of carbonyl (C=O) groups is 3. The van der Waals surface area contributed by atoms with Crippen LogP contribution in [0.5, 0.6) is 0 Å². The van der Waals surface area contributed by atoms with Gasteiger partial charge in [0, 0.05) is 25.7 Å². The zero-order valence-electron chi connectivity index (χ0n) is 15.6. The average molecular weight is 364 g/mol. The molecule has 1 aliphatic heterocycles. The molecule has 2 aliphatic rings. The molecule has 1 saturated heterocycles. The summed E-state index contributed by atoms with van der Waals surface area (Å²) in [6.07, 6.45) is 3.78. The fourth-order valence-electron chi connectivity index (χ4n) is 4.36. The molecule has 5 nitrogen and oxygen atoms in total. The van der Waals surface area contributed by atoms with Crippen molar-refractivity contribution in [3.8, 4) is 0 Å². The third kappa shape index (κ3) is 3.22. The Hall–Kier alpha value is -2.69. The van der Waals surface area contributed by atoms with Gasteiger partial charge in [0.15, 0.2) is 0 Å². The zero-order valence-corrected chi connectivity index (χ0v) is 15.6. The van der Waals surface area contributed by atoms with Crippen LogP contribution in [-0.4, -0.2) is 36.2 Å². The first-order valence-electron chi connectivity index (χ1n) is 9.67. The molecule has 0 radical (unpaired) electrons. The second-order valence-corrected chi connectivity index (χ2v) is 7.56. The van der Waals surface area contributed by atoms with Crippen LogP contribution in [-0.2, 0) is 14.4 Å². The number of hydrogen-bond acceptors (Lipinski definition) is 3. The third-order valence-electron chi connectivity index (χ3n) is 5.98. The van der Waals surface area contributed by atoms with Crippen LogP contribution in [0.4, 0.5) is 5.69 Å². The molecule has 5 heteroatoms. The molecule has 27 heavy (non-hydrogen) atoms. The minimum Gasteiger partial charge on any atom is -0.315 e. The van der Waals surface area contributed by atoms with E-state index in [9.17, 15) is 14.4 Å². The molecule has 1 aliphatic carbocycles. The number of likely N-dealkylation sites (tertiary alicyclic amines) is 1. The van der Waals surface area contributed by atoms with Crippen molar-refractivity contribution >= 4 is 34.2 Å². The van der Waals surface area contributed by atoms with E-state index < -0.39 is 0 Å². The van der Waals surface area contributed by atoms with Gasteiger partial charge in [-0.3, -0.25) is 19.3 Å². The van der Waals surface area contributed by atoms with Gasteiger partial charge in [-0.2, -0.15) is 0 Å². The second-order valence-electron chi connectivity index (χ2n) is 7.56. The summed E-state index contributed by atoms with van der Waals surface area (Å²) >= 11 is 0. The van der Waals surface area contributed by atoms with Crippen molar-refractivity contribution in [2.45, 2.75) is 32.1 Å². The molecule has 2 aromatic rings. The SMILES string of the molecule is CN(C(=O)CCN1C(=O)C2CCCCC2C1=O)c1ccc2ccccc2c1. The molecule has 3 amide bonds. The Morgan fingerprint density at radius 2 is 1.63 bits per heavy atom. The minimum absolute atomic E-state index is 0.0779. The summed E-state index contributed by atoms with van der Waals surface area (Å²) in [6, 6.07) is 13.9. The fraction of sp³-hybridized carbons (Fsp3) is 0.409. The van der Waals surface area contributed by atoms with Gasteiger partial charge in [-0.15, -0.1) is 0 Å². The standard InChI is InChI=1S/C22H24N2O3/c1-23(17-11-10-15-6-2-3-7-16(15)14-17)20(25)12-13-24-21(26)18-8-4-5-9-19(18)22(24)27/h2-3,6-7,10-11,14,18-19H,4-5,8-9,12-13H2,1H3. The maximum absolute atomic E-state index is 12.6. The van der Waals surface area contributed by atoms with Crippen LogP contribution < -0.4 is 4.90 Å². The van der Waals surface area contributed by atoms with E-state index in [1.165, 1.54) is 4.90 Å². The number of anilines is 1. The first-order valence-corrected chi connectivity index (χ1v) is 9.67. The molecule has 0 spiro atoms. The number of amides is 3. The van der Waals surface area contributed by atoms with Gasteiger partial charge in [-0.25, -0.2) is 0 Å². The number of hydrogen-bond donors (Lipinski definition) is 0. The van der Waals surface area contributed by atoms with Crippen molar-refractivity contribution in [3.63, 3.8) is 0 Å². The van der Waals surface area contributed by atoms with Crippen LogP contribution in [0.1, 0.15) is 32.1 Å². The number of carbonyl (C=O) groups excluding carboxylic acids is 3. The monoisotopic (exact) mass is 364 g/mol. The van der Waals surface area contributed by atoms with Crippen molar-refractivity contribution < 1.29 is 14.4 Å². The molecule has 2 aromatic carbocycles. The summed E-state index contributed by atoms with van der Waals surface area (Å²) in [5, 5.41) is 2.20. The Morgan fingerprint density at radius 3 is 2.30 bits per heavy atom. The van der Waals surface area contributed by atoms with Crippen LogP contribution in [0, 0.1) is 11.8 Å². The first-order chi connectivity index (χ1) is 13.1. The van der Waals surface area contributed by atoms with E-state index in [0.717, 1.165) is 42.1 Å². The molecule has 1 heterocycles. The fourth-order valence-corrected chi connectivity index (χ4v) is 4.36. The largest absolute Gasteiger partial charge is 0.315 e. The number of benzene rings is 2. The molecular formula is C22H24N2O3. The Balaban J connectivity index is 1.42. The molecule has 1 saturated carbocycles. The van der Waals surface area contributed by atoms with Crippen LogP contribution in [0.3, 0.4) is 0 Å². The summed E-state index contributed by atoms with van der Waals surface area (Å²) in [5.41, 5.74) is 0.812. The Morgan fingerprint density at radius 1 is 1.00 bits per heavy atom. The van der Waals surface area contributed by atoms with Gasteiger partial charge >= 0.3 is 0 Å². The first kappa shape index (κ1) is 17.7. The van der Waals surface area contributed by atoms with E-state index in [-0.39, 0.29) is 42.5 Å². The van der Waals surface area contributed by atoms with Crippen molar-refractivity contribution in [2.75, 3.05) is 18.5 Å². The van der Waals surface area contributed by atoms with Crippen LogP contribution in [0.25, 0.3) is 10.8 Å². The predicted molar refractivity (Wildman–Crippen MR) is 104 cm³/mol. The van der Waals surface area contributed by atoms with Gasteiger partial charge in [0.2, 0.25) is 17.7 Å². The Labute approximate surface area is 158 Å². The average Bonchev–Trinajstić information content (AvgIpc) is 2.95.